The normalized spacial score (nSPS) is 22.1. The molecule has 1 aromatic heterocycles. The first-order chi connectivity index (χ1) is 16.0. The molecule has 0 spiro atoms. The van der Waals surface area contributed by atoms with Crippen LogP contribution in [0.15, 0.2) is 48.8 Å². The average molecular weight is 446 g/mol. The van der Waals surface area contributed by atoms with Crippen LogP contribution in [-0.4, -0.2) is 64.3 Å². The Hall–Kier alpha value is -3.16. The van der Waals surface area contributed by atoms with Gasteiger partial charge in [0, 0.05) is 68.4 Å². The van der Waals surface area contributed by atoms with E-state index in [1.54, 1.807) is 12.1 Å². The van der Waals surface area contributed by atoms with E-state index in [1.165, 1.54) is 12.8 Å². The summed E-state index contributed by atoms with van der Waals surface area (Å²) in [6.45, 7) is 2.27. The van der Waals surface area contributed by atoms with E-state index in [9.17, 15) is 5.11 Å². The van der Waals surface area contributed by atoms with Gasteiger partial charge in [0.05, 0.1) is 12.2 Å². The van der Waals surface area contributed by atoms with Gasteiger partial charge in [0.2, 0.25) is 0 Å². The summed E-state index contributed by atoms with van der Waals surface area (Å²) in [6, 6.07) is 12.0. The van der Waals surface area contributed by atoms with Gasteiger partial charge in [-0.05, 0) is 35.7 Å². The lowest BCUT2D eigenvalue weighted by Gasteiger charge is -2.41. The molecule has 0 saturated carbocycles. The number of nitrogens with one attached hydrogen (secondary N) is 1. The van der Waals surface area contributed by atoms with Crippen molar-refractivity contribution in [3.05, 3.63) is 65.7 Å². The monoisotopic (exact) mass is 445 g/mol. The maximum Gasteiger partial charge on any atom is 0.155 e. The molecule has 2 N–H and O–H groups in total. The first kappa shape index (κ1) is 20.4. The van der Waals surface area contributed by atoms with Crippen LogP contribution in [0.2, 0.25) is 0 Å². The SMILES string of the molecule is CN(C)N1C=C(N2CC3CCC(C2)N3)c2cnc(-c3cc(O)cc4ccccc34)c(F)c2C1. The van der Waals surface area contributed by atoms with Crippen LogP contribution in [0, 0.1) is 5.82 Å². The fraction of sp³-hybridized carbons (Fsp3) is 0.346. The van der Waals surface area contributed by atoms with Gasteiger partial charge in [-0.25, -0.2) is 9.40 Å². The van der Waals surface area contributed by atoms with Crippen LogP contribution >= 0.6 is 0 Å². The van der Waals surface area contributed by atoms with Crippen LogP contribution in [0.25, 0.3) is 27.7 Å². The molecule has 170 valence electrons. The first-order valence-electron chi connectivity index (χ1n) is 11.5. The zero-order chi connectivity index (χ0) is 22.7. The molecule has 0 amide bonds. The van der Waals surface area contributed by atoms with Crippen molar-refractivity contribution in [2.24, 2.45) is 0 Å². The number of benzene rings is 2. The highest BCUT2D eigenvalue weighted by molar-refractivity contribution is 5.97. The summed E-state index contributed by atoms with van der Waals surface area (Å²) in [5, 5.41) is 19.7. The number of halogens is 1. The molecule has 2 unspecified atom stereocenters. The minimum Gasteiger partial charge on any atom is -0.508 e. The van der Waals surface area contributed by atoms with Gasteiger partial charge in [-0.3, -0.25) is 4.98 Å². The van der Waals surface area contributed by atoms with E-state index in [4.69, 9.17) is 0 Å². The molecule has 6 rings (SSSR count). The Morgan fingerprint density at radius 1 is 1.09 bits per heavy atom. The van der Waals surface area contributed by atoms with E-state index in [-0.39, 0.29) is 17.3 Å². The fourth-order valence-electron chi connectivity index (χ4n) is 5.50. The summed E-state index contributed by atoms with van der Waals surface area (Å²) in [6.07, 6.45) is 6.32. The second kappa shape index (κ2) is 7.71. The van der Waals surface area contributed by atoms with Gasteiger partial charge >= 0.3 is 0 Å². The van der Waals surface area contributed by atoms with Crippen LogP contribution in [-0.2, 0) is 6.54 Å². The average Bonchev–Trinajstić information content (AvgIpc) is 3.15. The molecular weight excluding hydrogens is 417 g/mol. The van der Waals surface area contributed by atoms with Gasteiger partial charge in [0.15, 0.2) is 5.82 Å². The Morgan fingerprint density at radius 3 is 2.61 bits per heavy atom. The van der Waals surface area contributed by atoms with Crippen molar-refractivity contribution in [2.45, 2.75) is 31.5 Å². The van der Waals surface area contributed by atoms with E-state index in [2.05, 4.69) is 26.4 Å². The predicted octanol–water partition coefficient (Wildman–Crippen LogP) is 3.77. The minimum atomic E-state index is -0.321. The van der Waals surface area contributed by atoms with E-state index < -0.39 is 0 Å². The van der Waals surface area contributed by atoms with Crippen LogP contribution in [0.1, 0.15) is 24.0 Å². The number of hydrogen-bond acceptors (Lipinski definition) is 6. The Balaban J connectivity index is 1.49. The molecule has 2 bridgehead atoms. The van der Waals surface area contributed by atoms with Crippen LogP contribution in [0.3, 0.4) is 0 Å². The number of pyridine rings is 1. The summed E-state index contributed by atoms with van der Waals surface area (Å²) in [5.41, 5.74) is 3.42. The summed E-state index contributed by atoms with van der Waals surface area (Å²) >= 11 is 0. The van der Waals surface area contributed by atoms with Crippen molar-refractivity contribution >= 4 is 16.5 Å². The predicted molar refractivity (Wildman–Crippen MR) is 128 cm³/mol. The molecule has 2 fully saturated rings. The maximum atomic E-state index is 16.2. The van der Waals surface area contributed by atoms with Crippen molar-refractivity contribution in [2.75, 3.05) is 27.2 Å². The second-order valence-electron chi connectivity index (χ2n) is 9.53. The third-order valence-corrected chi connectivity index (χ3v) is 7.16. The lowest BCUT2D eigenvalue weighted by atomic mass is 9.96. The number of hydrazine groups is 1. The van der Waals surface area contributed by atoms with Crippen molar-refractivity contribution in [1.29, 1.82) is 0 Å². The van der Waals surface area contributed by atoms with Gasteiger partial charge in [-0.15, -0.1) is 0 Å². The molecule has 4 heterocycles. The van der Waals surface area contributed by atoms with Gasteiger partial charge in [-0.1, -0.05) is 24.3 Å². The third kappa shape index (κ3) is 3.43. The summed E-state index contributed by atoms with van der Waals surface area (Å²) < 4.78 is 16.2. The molecule has 2 atom stereocenters. The molecule has 7 heteroatoms. The zero-order valence-electron chi connectivity index (χ0n) is 18.9. The van der Waals surface area contributed by atoms with E-state index in [0.29, 0.717) is 29.8 Å². The minimum absolute atomic E-state index is 0.106. The first-order valence-corrected chi connectivity index (χ1v) is 11.5. The van der Waals surface area contributed by atoms with Crippen LogP contribution in [0.5, 0.6) is 5.75 Å². The number of rotatable bonds is 3. The molecule has 0 aliphatic carbocycles. The van der Waals surface area contributed by atoms with Gasteiger partial charge < -0.3 is 20.3 Å². The molecule has 33 heavy (non-hydrogen) atoms. The molecule has 6 nitrogen and oxygen atoms in total. The standard InChI is InChI=1S/C26H28FN5O/c1-30(2)32-14-23-22(24(15-32)31-12-17-7-8-18(13-31)29-17)11-28-26(25(23)27)21-10-19(33)9-16-5-3-4-6-20(16)21/h3-6,9-11,15,17-18,29,33H,7-8,12-14H2,1-2H3. The molecule has 3 aliphatic rings. The number of likely N-dealkylation sites (tertiary alicyclic amines) is 1. The Labute approximate surface area is 192 Å². The van der Waals surface area contributed by atoms with E-state index in [0.717, 1.165) is 35.1 Å². The molecular formula is C26H28FN5O. The Bertz CT molecular complexity index is 1260. The highest BCUT2D eigenvalue weighted by atomic mass is 19.1. The topological polar surface area (TPSA) is 54.9 Å². The number of phenols is 1. The number of nitrogens with zero attached hydrogens (tertiary/aromatic N) is 4. The number of hydrogen-bond donors (Lipinski definition) is 2. The van der Waals surface area contributed by atoms with Gasteiger partial charge in [-0.2, -0.15) is 0 Å². The number of phenolic OH excluding ortho intramolecular Hbond substituents is 1. The smallest absolute Gasteiger partial charge is 0.155 e. The van der Waals surface area contributed by atoms with Crippen molar-refractivity contribution in [3.8, 4) is 17.0 Å². The molecule has 0 radical (unpaired) electrons. The second-order valence-corrected chi connectivity index (χ2v) is 9.53. The quantitative estimate of drug-likeness (QED) is 0.640. The molecule has 3 aromatic rings. The number of piperazine rings is 1. The van der Waals surface area contributed by atoms with Crippen molar-refractivity contribution in [3.63, 3.8) is 0 Å². The third-order valence-electron chi connectivity index (χ3n) is 7.16. The highest BCUT2D eigenvalue weighted by Crippen LogP contribution is 2.39. The molecule has 2 aromatic carbocycles. The van der Waals surface area contributed by atoms with Crippen LogP contribution in [0.4, 0.5) is 4.39 Å². The van der Waals surface area contributed by atoms with Gasteiger partial charge in [0.1, 0.15) is 11.4 Å². The Morgan fingerprint density at radius 2 is 1.85 bits per heavy atom. The summed E-state index contributed by atoms with van der Waals surface area (Å²) in [4.78, 5) is 7.01. The molecule has 2 saturated heterocycles. The van der Waals surface area contributed by atoms with E-state index >= 15 is 4.39 Å². The van der Waals surface area contributed by atoms with Crippen LogP contribution < -0.4 is 5.32 Å². The lowest BCUT2D eigenvalue weighted by molar-refractivity contribution is 0.0687. The lowest BCUT2D eigenvalue weighted by Crippen LogP contribution is -2.51. The molecule has 3 aliphatic heterocycles. The number of fused-ring (bicyclic) bond motifs is 4. The van der Waals surface area contributed by atoms with Gasteiger partial charge in [0.25, 0.3) is 0 Å². The Kier molecular flexibility index (Phi) is 4.78. The maximum absolute atomic E-state index is 16.2. The number of aromatic hydroxyl groups is 1. The highest BCUT2D eigenvalue weighted by Gasteiger charge is 2.36. The summed E-state index contributed by atoms with van der Waals surface area (Å²) in [5.74, 6) is -0.215. The van der Waals surface area contributed by atoms with Crippen molar-refractivity contribution in [1.82, 2.24) is 25.2 Å². The largest absolute Gasteiger partial charge is 0.508 e. The van der Waals surface area contributed by atoms with Crippen molar-refractivity contribution < 1.29 is 9.50 Å². The zero-order valence-corrected chi connectivity index (χ0v) is 18.9. The van der Waals surface area contributed by atoms with E-state index in [1.807, 2.05) is 49.6 Å². The number of aromatic nitrogens is 1. The summed E-state index contributed by atoms with van der Waals surface area (Å²) in [7, 11) is 3.95. The fourth-order valence-corrected chi connectivity index (χ4v) is 5.50.